The molecule has 27 heavy (non-hydrogen) atoms. The van der Waals surface area contributed by atoms with Gasteiger partial charge in [-0.2, -0.15) is 0 Å². The predicted molar refractivity (Wildman–Crippen MR) is 102 cm³/mol. The zero-order valence-electron chi connectivity index (χ0n) is 15.1. The van der Waals surface area contributed by atoms with Crippen LogP contribution in [0.25, 0.3) is 10.9 Å². The number of aromatic amines is 1. The molecule has 0 saturated carbocycles. The molecule has 6 heteroatoms. The van der Waals surface area contributed by atoms with Crippen molar-refractivity contribution in [1.29, 1.82) is 0 Å². The zero-order valence-corrected chi connectivity index (χ0v) is 15.1. The van der Waals surface area contributed by atoms with Gasteiger partial charge in [0, 0.05) is 54.3 Å². The van der Waals surface area contributed by atoms with Crippen LogP contribution in [0.2, 0.25) is 0 Å². The summed E-state index contributed by atoms with van der Waals surface area (Å²) in [7, 11) is 1.63. The fourth-order valence-electron chi connectivity index (χ4n) is 4.58. The van der Waals surface area contributed by atoms with Crippen LogP contribution in [0.3, 0.4) is 0 Å². The number of hydrogen-bond donors (Lipinski definition) is 1. The fraction of sp³-hybridized carbons (Fsp3) is 0.333. The lowest BCUT2D eigenvalue weighted by atomic mass is 9.83. The van der Waals surface area contributed by atoms with E-state index in [0.717, 1.165) is 28.8 Å². The molecule has 2 atom stereocenters. The lowest BCUT2D eigenvalue weighted by molar-refractivity contribution is 0.0589. The van der Waals surface area contributed by atoms with Crippen LogP contribution < -0.4 is 10.3 Å². The van der Waals surface area contributed by atoms with Gasteiger partial charge in [-0.3, -0.25) is 9.59 Å². The van der Waals surface area contributed by atoms with Gasteiger partial charge in [0.25, 0.3) is 11.5 Å². The molecule has 138 valence electrons. The molecule has 0 radical (unpaired) electrons. The molecule has 5 rings (SSSR count). The minimum absolute atomic E-state index is 0.0200. The van der Waals surface area contributed by atoms with E-state index in [-0.39, 0.29) is 17.4 Å². The van der Waals surface area contributed by atoms with Crippen molar-refractivity contribution in [3.05, 3.63) is 64.2 Å². The molecular weight excluding hydrogens is 342 g/mol. The number of methoxy groups -OCH3 is 1. The summed E-state index contributed by atoms with van der Waals surface area (Å²) in [5, 5.41) is 0.994. The van der Waals surface area contributed by atoms with Gasteiger partial charge >= 0.3 is 0 Å². The maximum Gasteiger partial charge on any atom is 0.270 e. The first-order valence-corrected chi connectivity index (χ1v) is 9.28. The zero-order chi connectivity index (χ0) is 18.5. The van der Waals surface area contributed by atoms with E-state index in [2.05, 4.69) is 4.98 Å². The smallest absolute Gasteiger partial charge is 0.270 e. The Labute approximate surface area is 156 Å². The second kappa shape index (κ2) is 6.01. The first-order valence-electron chi connectivity index (χ1n) is 9.28. The summed E-state index contributed by atoms with van der Waals surface area (Å²) in [6.45, 7) is 2.03. The Bertz CT molecular complexity index is 1100. The maximum absolute atomic E-state index is 13.1. The van der Waals surface area contributed by atoms with Gasteiger partial charge in [0.15, 0.2) is 0 Å². The highest BCUT2D eigenvalue weighted by Crippen LogP contribution is 2.35. The van der Waals surface area contributed by atoms with Gasteiger partial charge in [-0.15, -0.1) is 0 Å². The summed E-state index contributed by atoms with van der Waals surface area (Å²) in [4.78, 5) is 30.4. The largest absolute Gasteiger partial charge is 0.497 e. The van der Waals surface area contributed by atoms with Gasteiger partial charge in [0.05, 0.1) is 7.11 Å². The standard InChI is InChI=1S/C21H21N3O3/c1-27-16-6-5-14-8-18(22-17(14)9-16)21(26)23-10-13-7-15(12-23)19-3-2-4-20(25)24(19)11-13/h2-6,8-9,13,15,22H,7,10-12H2,1H3/t13-,15?/m1/s1. The number of H-pyrrole nitrogens is 1. The number of ether oxygens (including phenoxy) is 1. The number of fused-ring (bicyclic) bond motifs is 5. The van der Waals surface area contributed by atoms with Crippen LogP contribution in [0.15, 0.2) is 47.3 Å². The van der Waals surface area contributed by atoms with Crippen LogP contribution >= 0.6 is 0 Å². The van der Waals surface area contributed by atoms with Gasteiger partial charge < -0.3 is 19.2 Å². The summed E-state index contributed by atoms with van der Waals surface area (Å²) in [6.07, 6.45) is 1.04. The number of benzene rings is 1. The Kier molecular flexibility index (Phi) is 3.60. The van der Waals surface area contributed by atoms with E-state index in [1.807, 2.05) is 45.9 Å². The topological polar surface area (TPSA) is 67.3 Å². The third kappa shape index (κ3) is 2.63. The molecule has 1 N–H and O–H groups in total. The number of carbonyl (C=O) groups is 1. The number of likely N-dealkylation sites (tertiary alicyclic amines) is 1. The van der Waals surface area contributed by atoms with E-state index in [0.29, 0.717) is 31.2 Å². The summed E-state index contributed by atoms with van der Waals surface area (Å²) < 4.78 is 7.14. The van der Waals surface area contributed by atoms with E-state index < -0.39 is 0 Å². The molecule has 0 spiro atoms. The molecule has 4 heterocycles. The predicted octanol–water partition coefficient (Wildman–Crippen LogP) is 2.60. The van der Waals surface area contributed by atoms with Crippen molar-refractivity contribution in [2.75, 3.05) is 20.2 Å². The van der Waals surface area contributed by atoms with Crippen LogP contribution in [0.4, 0.5) is 0 Å². The van der Waals surface area contributed by atoms with Crippen molar-refractivity contribution >= 4 is 16.8 Å². The average Bonchev–Trinajstić information content (AvgIpc) is 3.11. The number of nitrogens with zero attached hydrogens (tertiary/aromatic N) is 2. The van der Waals surface area contributed by atoms with Crippen LogP contribution in [-0.4, -0.2) is 40.6 Å². The van der Waals surface area contributed by atoms with Gasteiger partial charge in [-0.25, -0.2) is 0 Å². The van der Waals surface area contributed by atoms with Gasteiger partial charge in [-0.05, 0) is 36.6 Å². The first-order chi connectivity index (χ1) is 13.1. The third-order valence-corrected chi connectivity index (χ3v) is 5.83. The number of nitrogens with one attached hydrogen (secondary N) is 1. The molecule has 2 bridgehead atoms. The second-order valence-electron chi connectivity index (χ2n) is 7.54. The molecule has 6 nitrogen and oxygen atoms in total. The number of amides is 1. The fourth-order valence-corrected chi connectivity index (χ4v) is 4.58. The first kappa shape index (κ1) is 16.2. The average molecular weight is 363 g/mol. The summed E-state index contributed by atoms with van der Waals surface area (Å²) in [5.41, 5.74) is 2.61. The highest BCUT2D eigenvalue weighted by atomic mass is 16.5. The van der Waals surface area contributed by atoms with Crippen molar-refractivity contribution in [2.24, 2.45) is 5.92 Å². The lowest BCUT2D eigenvalue weighted by Gasteiger charge is -2.42. The Morgan fingerprint density at radius 1 is 1.15 bits per heavy atom. The molecule has 1 unspecified atom stereocenters. The minimum Gasteiger partial charge on any atom is -0.497 e. The quantitative estimate of drug-likeness (QED) is 0.761. The summed E-state index contributed by atoms with van der Waals surface area (Å²) in [5.74, 6) is 1.33. The summed E-state index contributed by atoms with van der Waals surface area (Å²) in [6, 6.07) is 13.1. The van der Waals surface area contributed by atoms with Crippen molar-refractivity contribution < 1.29 is 9.53 Å². The minimum atomic E-state index is 0.0200. The van der Waals surface area contributed by atoms with Gasteiger partial charge in [0.2, 0.25) is 0 Å². The molecule has 2 aliphatic heterocycles. The van der Waals surface area contributed by atoms with E-state index in [4.69, 9.17) is 4.74 Å². The Balaban J connectivity index is 1.44. The SMILES string of the molecule is COc1ccc2cc(C(=O)N3CC4C[C@H](C3)Cn3c4cccc3=O)[nH]c2c1. The van der Waals surface area contributed by atoms with Gasteiger partial charge in [-0.1, -0.05) is 6.07 Å². The number of pyridine rings is 1. The van der Waals surface area contributed by atoms with E-state index >= 15 is 0 Å². The molecule has 2 aliphatic rings. The number of hydrogen-bond acceptors (Lipinski definition) is 3. The molecule has 1 amide bonds. The van der Waals surface area contributed by atoms with Crippen molar-refractivity contribution in [2.45, 2.75) is 18.9 Å². The summed E-state index contributed by atoms with van der Waals surface area (Å²) >= 11 is 0. The highest BCUT2D eigenvalue weighted by molar-refractivity contribution is 5.98. The molecule has 0 aliphatic carbocycles. The van der Waals surface area contributed by atoms with Crippen LogP contribution in [-0.2, 0) is 6.54 Å². The Morgan fingerprint density at radius 3 is 2.89 bits per heavy atom. The van der Waals surface area contributed by atoms with Crippen molar-refractivity contribution in [1.82, 2.24) is 14.5 Å². The maximum atomic E-state index is 13.1. The number of carbonyl (C=O) groups excluding carboxylic acids is 1. The van der Waals surface area contributed by atoms with Crippen molar-refractivity contribution in [3.63, 3.8) is 0 Å². The number of rotatable bonds is 2. The van der Waals surface area contributed by atoms with Crippen LogP contribution in [0, 0.1) is 5.92 Å². The van der Waals surface area contributed by atoms with E-state index in [1.54, 1.807) is 13.2 Å². The third-order valence-electron chi connectivity index (χ3n) is 5.83. The highest BCUT2D eigenvalue weighted by Gasteiger charge is 2.36. The molecule has 1 fully saturated rings. The Hall–Kier alpha value is -3.02. The molecule has 3 aromatic rings. The number of aromatic nitrogens is 2. The van der Waals surface area contributed by atoms with Gasteiger partial charge in [0.1, 0.15) is 11.4 Å². The van der Waals surface area contributed by atoms with Crippen LogP contribution in [0.5, 0.6) is 5.75 Å². The molecular formula is C21H21N3O3. The van der Waals surface area contributed by atoms with E-state index in [1.165, 1.54) is 0 Å². The number of piperidine rings is 1. The molecule has 1 aromatic carbocycles. The van der Waals surface area contributed by atoms with Crippen molar-refractivity contribution in [3.8, 4) is 5.75 Å². The molecule has 1 saturated heterocycles. The van der Waals surface area contributed by atoms with E-state index in [9.17, 15) is 9.59 Å². The molecule has 2 aromatic heterocycles. The second-order valence-corrected chi connectivity index (χ2v) is 7.54. The normalized spacial score (nSPS) is 21.1. The van der Waals surface area contributed by atoms with Crippen LogP contribution in [0.1, 0.15) is 28.5 Å². The Morgan fingerprint density at radius 2 is 2.04 bits per heavy atom. The lowest BCUT2D eigenvalue weighted by Crippen LogP contribution is -2.49. The monoisotopic (exact) mass is 363 g/mol.